The molecule has 2 aromatic carbocycles. The summed E-state index contributed by atoms with van der Waals surface area (Å²) in [5, 5.41) is 5.75. The Labute approximate surface area is 186 Å². The van der Waals surface area contributed by atoms with Crippen LogP contribution in [-0.4, -0.2) is 31.1 Å². The number of sulfone groups is 1. The van der Waals surface area contributed by atoms with Crippen molar-refractivity contribution < 1.29 is 13.2 Å². The van der Waals surface area contributed by atoms with Crippen LogP contribution in [0.4, 0.5) is 0 Å². The molecule has 2 atom stereocenters. The third kappa shape index (κ3) is 2.91. The Morgan fingerprint density at radius 1 is 1.10 bits per heavy atom. The number of H-pyrrole nitrogens is 1. The van der Waals surface area contributed by atoms with Crippen molar-refractivity contribution in [1.29, 1.82) is 0 Å². The Balaban J connectivity index is 0.00000204. The highest BCUT2D eigenvalue weighted by Crippen LogP contribution is 2.42. The first-order valence-corrected chi connectivity index (χ1v) is 11.7. The molecule has 162 valence electrons. The highest BCUT2D eigenvalue weighted by Gasteiger charge is 2.36. The lowest BCUT2D eigenvalue weighted by Gasteiger charge is -2.23. The van der Waals surface area contributed by atoms with Crippen molar-refractivity contribution in [1.82, 2.24) is 14.9 Å². The smallest absolute Gasteiger partial charge is 0.221 e. The Bertz CT molecular complexity index is 1440. The summed E-state index contributed by atoms with van der Waals surface area (Å²) in [6.07, 6.45) is 3.29. The number of fused-ring (bicyclic) bond motifs is 7. The molecule has 1 fully saturated rings. The number of rotatable bonds is 3. The van der Waals surface area contributed by atoms with E-state index < -0.39 is 9.84 Å². The van der Waals surface area contributed by atoms with E-state index in [9.17, 15) is 8.42 Å². The minimum absolute atomic E-state index is 0. The van der Waals surface area contributed by atoms with Gasteiger partial charge in [0.25, 0.3) is 0 Å². The molecular weight excluding hydrogens is 434 g/mol. The standard InChI is InChI=1S/C23H23N3O3S.ClH/c1-26-20-8-5-16(12-17(20)23-19-6-3-14(24-19)11-21(23)26)30(27,28)22-10-13-9-15(29-2)4-7-18(13)25-22;/h4-5,7-10,12,14,19,24-25H,3,6,11H2,1-2H3;1H. The average Bonchev–Trinajstić information content (AvgIpc) is 3.43. The summed E-state index contributed by atoms with van der Waals surface area (Å²) in [5.74, 6) is 0.699. The van der Waals surface area contributed by atoms with Crippen LogP contribution in [0.2, 0.25) is 0 Å². The SMILES string of the molecule is COc1ccc2[nH]c(S(=O)(=O)c3ccc4c(c3)c3c(n4C)CC4CCC3N4)cc2c1.Cl. The molecule has 31 heavy (non-hydrogen) atoms. The van der Waals surface area contributed by atoms with Crippen molar-refractivity contribution in [2.75, 3.05) is 7.11 Å². The number of aromatic nitrogens is 2. The molecule has 2 aliphatic rings. The quantitative estimate of drug-likeness (QED) is 0.481. The fourth-order valence-electron chi connectivity index (χ4n) is 5.23. The largest absolute Gasteiger partial charge is 0.497 e. The first kappa shape index (κ1) is 20.4. The van der Waals surface area contributed by atoms with E-state index in [4.69, 9.17) is 4.74 Å². The van der Waals surface area contributed by atoms with Gasteiger partial charge in [-0.1, -0.05) is 0 Å². The fourth-order valence-corrected chi connectivity index (χ4v) is 6.53. The van der Waals surface area contributed by atoms with Gasteiger partial charge >= 0.3 is 0 Å². The number of ether oxygens (including phenoxy) is 1. The minimum atomic E-state index is -3.67. The summed E-state index contributed by atoms with van der Waals surface area (Å²) in [6.45, 7) is 0. The van der Waals surface area contributed by atoms with Crippen molar-refractivity contribution in [3.63, 3.8) is 0 Å². The number of hydrogen-bond donors (Lipinski definition) is 2. The predicted molar refractivity (Wildman–Crippen MR) is 123 cm³/mol. The zero-order valence-corrected chi connectivity index (χ0v) is 18.9. The van der Waals surface area contributed by atoms with E-state index in [-0.39, 0.29) is 17.4 Å². The van der Waals surface area contributed by atoms with E-state index in [0.29, 0.717) is 22.7 Å². The van der Waals surface area contributed by atoms with E-state index in [0.717, 1.165) is 34.6 Å². The van der Waals surface area contributed by atoms with E-state index in [1.165, 1.54) is 17.7 Å². The molecule has 2 aliphatic heterocycles. The molecule has 2 aromatic heterocycles. The molecule has 6 rings (SSSR count). The number of nitrogens with zero attached hydrogens (tertiary/aromatic N) is 1. The molecule has 0 spiro atoms. The number of halogens is 1. The van der Waals surface area contributed by atoms with Crippen molar-refractivity contribution >= 4 is 44.1 Å². The number of aromatic amines is 1. The Morgan fingerprint density at radius 2 is 1.94 bits per heavy atom. The number of methoxy groups -OCH3 is 1. The van der Waals surface area contributed by atoms with Crippen LogP contribution in [-0.2, 0) is 23.3 Å². The summed E-state index contributed by atoms with van der Waals surface area (Å²) in [6, 6.07) is 13.6. The molecular formula is C23H24ClN3O3S. The molecule has 2 N–H and O–H groups in total. The fraction of sp³-hybridized carbons (Fsp3) is 0.304. The summed E-state index contributed by atoms with van der Waals surface area (Å²) in [4.78, 5) is 3.39. The van der Waals surface area contributed by atoms with E-state index >= 15 is 0 Å². The molecule has 0 radical (unpaired) electrons. The molecule has 0 aliphatic carbocycles. The van der Waals surface area contributed by atoms with Crippen molar-refractivity contribution in [2.45, 2.75) is 41.3 Å². The molecule has 4 aromatic rings. The molecule has 8 heteroatoms. The monoisotopic (exact) mass is 457 g/mol. The van der Waals surface area contributed by atoms with Crippen LogP contribution >= 0.6 is 12.4 Å². The summed E-state index contributed by atoms with van der Waals surface area (Å²) >= 11 is 0. The normalized spacial score (nSPS) is 20.1. The van der Waals surface area contributed by atoms with Crippen LogP contribution in [0, 0.1) is 0 Å². The summed E-state index contributed by atoms with van der Waals surface area (Å²) in [7, 11) is 0.0194. The van der Waals surface area contributed by atoms with Crippen molar-refractivity contribution in [3.05, 3.63) is 53.7 Å². The van der Waals surface area contributed by atoms with E-state index in [1.807, 2.05) is 30.3 Å². The van der Waals surface area contributed by atoms with E-state index in [1.54, 1.807) is 19.2 Å². The lowest BCUT2D eigenvalue weighted by atomic mass is 9.99. The molecule has 4 heterocycles. The van der Waals surface area contributed by atoms with Crippen molar-refractivity contribution in [3.8, 4) is 5.75 Å². The highest BCUT2D eigenvalue weighted by atomic mass is 35.5. The molecule has 6 nitrogen and oxygen atoms in total. The first-order valence-electron chi connectivity index (χ1n) is 10.2. The maximum absolute atomic E-state index is 13.5. The van der Waals surface area contributed by atoms with Crippen molar-refractivity contribution in [2.24, 2.45) is 7.05 Å². The topological polar surface area (TPSA) is 76.1 Å². The van der Waals surface area contributed by atoms with Crippen LogP contribution in [0.15, 0.2) is 52.4 Å². The van der Waals surface area contributed by atoms with Gasteiger partial charge in [-0.15, -0.1) is 12.4 Å². The highest BCUT2D eigenvalue weighted by molar-refractivity contribution is 7.91. The number of aryl methyl sites for hydroxylation is 1. The third-order valence-electron chi connectivity index (χ3n) is 6.77. The lowest BCUT2D eigenvalue weighted by molar-refractivity contribution is 0.415. The summed E-state index contributed by atoms with van der Waals surface area (Å²) < 4.78 is 34.4. The second kappa shape index (κ2) is 7.02. The van der Waals surface area contributed by atoms with Gasteiger partial charge < -0.3 is 19.6 Å². The van der Waals surface area contributed by atoms with Gasteiger partial charge in [-0.25, -0.2) is 8.42 Å². The van der Waals surface area contributed by atoms with E-state index in [2.05, 4.69) is 21.9 Å². The maximum Gasteiger partial charge on any atom is 0.221 e. The van der Waals surface area contributed by atoms with Crippen LogP contribution in [0.5, 0.6) is 5.75 Å². The maximum atomic E-state index is 13.5. The van der Waals surface area contributed by atoms with Gasteiger partial charge in [0.15, 0.2) is 0 Å². The van der Waals surface area contributed by atoms with Gasteiger partial charge in [-0.2, -0.15) is 0 Å². The molecule has 0 amide bonds. The van der Waals surface area contributed by atoms with Crippen LogP contribution in [0.3, 0.4) is 0 Å². The van der Waals surface area contributed by atoms with Gasteiger partial charge in [0.2, 0.25) is 9.84 Å². The number of benzene rings is 2. The molecule has 2 unspecified atom stereocenters. The van der Waals surface area contributed by atoms with Crippen LogP contribution in [0.25, 0.3) is 21.8 Å². The lowest BCUT2D eigenvalue weighted by Crippen LogP contribution is -2.32. The molecule has 1 saturated heterocycles. The Morgan fingerprint density at radius 3 is 2.74 bits per heavy atom. The summed E-state index contributed by atoms with van der Waals surface area (Å²) in [5.41, 5.74) is 4.48. The second-order valence-electron chi connectivity index (χ2n) is 8.39. The van der Waals surface area contributed by atoms with Gasteiger partial charge in [0.05, 0.1) is 12.0 Å². The molecule has 0 saturated carbocycles. The van der Waals surface area contributed by atoms with Gasteiger partial charge in [0.1, 0.15) is 10.8 Å². The average molecular weight is 458 g/mol. The zero-order chi connectivity index (χ0) is 20.6. The Kier molecular flexibility index (Phi) is 4.62. The van der Waals surface area contributed by atoms with Crippen LogP contribution < -0.4 is 10.1 Å². The van der Waals surface area contributed by atoms with Gasteiger partial charge in [-0.05, 0) is 60.9 Å². The first-order chi connectivity index (χ1) is 14.5. The predicted octanol–water partition coefficient (Wildman–Crippen LogP) is 4.27. The molecule has 2 bridgehead atoms. The number of hydrogen-bond acceptors (Lipinski definition) is 4. The second-order valence-corrected chi connectivity index (χ2v) is 10.3. The Hall–Kier alpha value is -2.48. The minimum Gasteiger partial charge on any atom is -0.497 e. The van der Waals surface area contributed by atoms with Gasteiger partial charge in [-0.3, -0.25) is 0 Å². The van der Waals surface area contributed by atoms with Gasteiger partial charge in [0, 0.05) is 53.1 Å². The number of nitrogens with one attached hydrogen (secondary N) is 2. The third-order valence-corrected chi connectivity index (χ3v) is 8.44. The van der Waals surface area contributed by atoms with Crippen LogP contribution in [0.1, 0.15) is 30.1 Å². The zero-order valence-electron chi connectivity index (χ0n) is 17.3.